The molecule has 1 heterocycles. The van der Waals surface area contributed by atoms with Crippen molar-refractivity contribution < 1.29 is 9.50 Å². The van der Waals surface area contributed by atoms with Crippen LogP contribution in [0.4, 0.5) is 4.39 Å². The van der Waals surface area contributed by atoms with Crippen LogP contribution in [0.5, 0.6) is 5.75 Å². The van der Waals surface area contributed by atoms with Gasteiger partial charge in [-0.05, 0) is 36.4 Å². The van der Waals surface area contributed by atoms with Crippen LogP contribution in [-0.2, 0) is 0 Å². The zero-order valence-corrected chi connectivity index (χ0v) is 12.7. The van der Waals surface area contributed by atoms with E-state index < -0.39 is 0 Å². The number of aromatic hydroxyl groups is 1. The molecule has 2 aromatic carbocycles. The Labute approximate surface area is 125 Å². The molecule has 5 heteroatoms. The van der Waals surface area contributed by atoms with E-state index in [0.717, 1.165) is 8.95 Å². The molecular weight excluding hydrogens is 377 g/mol. The van der Waals surface area contributed by atoms with Crippen molar-refractivity contribution in [3.05, 3.63) is 51.2 Å². The van der Waals surface area contributed by atoms with Gasteiger partial charge in [-0.25, -0.2) is 4.39 Å². The zero-order valence-electron chi connectivity index (χ0n) is 9.55. The number of fused-ring (bicyclic) bond motifs is 1. The van der Waals surface area contributed by atoms with Gasteiger partial charge in [-0.15, -0.1) is 0 Å². The smallest absolute Gasteiger partial charge is 0.156 e. The van der Waals surface area contributed by atoms with Gasteiger partial charge in [-0.2, -0.15) is 0 Å². The molecule has 2 N–H and O–H groups in total. The van der Waals surface area contributed by atoms with Crippen LogP contribution in [0.25, 0.3) is 22.2 Å². The van der Waals surface area contributed by atoms with E-state index >= 15 is 0 Å². The summed E-state index contributed by atoms with van der Waals surface area (Å²) < 4.78 is 16.0. The van der Waals surface area contributed by atoms with Gasteiger partial charge < -0.3 is 10.1 Å². The second-order valence-corrected chi connectivity index (χ2v) is 6.00. The molecule has 0 amide bonds. The lowest BCUT2D eigenvalue weighted by Gasteiger charge is -2.03. The fraction of sp³-hybridized carbons (Fsp3) is 0. The van der Waals surface area contributed by atoms with Gasteiger partial charge in [-0.1, -0.05) is 31.9 Å². The predicted octanol–water partition coefficient (Wildman–Crippen LogP) is 5.20. The quantitative estimate of drug-likeness (QED) is 0.593. The Morgan fingerprint density at radius 1 is 1.00 bits per heavy atom. The maximum atomic E-state index is 14.4. The van der Waals surface area contributed by atoms with Crippen LogP contribution in [-0.4, -0.2) is 10.1 Å². The highest BCUT2D eigenvalue weighted by atomic mass is 79.9. The highest BCUT2D eigenvalue weighted by Crippen LogP contribution is 2.36. The van der Waals surface area contributed by atoms with E-state index in [-0.39, 0.29) is 17.3 Å². The van der Waals surface area contributed by atoms with Gasteiger partial charge in [0.2, 0.25) is 0 Å². The molecule has 0 bridgehead atoms. The maximum Gasteiger partial charge on any atom is 0.156 e. The van der Waals surface area contributed by atoms with Gasteiger partial charge in [0.15, 0.2) is 5.82 Å². The topological polar surface area (TPSA) is 36.0 Å². The Morgan fingerprint density at radius 3 is 2.42 bits per heavy atom. The third-order valence-electron chi connectivity index (χ3n) is 2.93. The third-order valence-corrected chi connectivity index (χ3v) is 3.91. The summed E-state index contributed by atoms with van der Waals surface area (Å²) in [5.41, 5.74) is 1.42. The van der Waals surface area contributed by atoms with Crippen LogP contribution in [0, 0.1) is 5.82 Å². The molecule has 0 fully saturated rings. The molecule has 1 aromatic heterocycles. The van der Waals surface area contributed by atoms with Crippen LogP contribution in [0.15, 0.2) is 45.3 Å². The number of aromatic amines is 1. The summed E-state index contributed by atoms with van der Waals surface area (Å²) in [6.45, 7) is 0. The van der Waals surface area contributed by atoms with E-state index in [0.29, 0.717) is 16.5 Å². The SMILES string of the molecule is Oc1cc(Br)ccc1-c1[nH]c2ccc(Br)cc2c1F. The minimum Gasteiger partial charge on any atom is -0.507 e. The third kappa shape index (κ3) is 2.17. The number of hydrogen-bond acceptors (Lipinski definition) is 1. The van der Waals surface area contributed by atoms with Crippen LogP contribution < -0.4 is 0 Å². The first kappa shape index (κ1) is 12.7. The first-order valence-electron chi connectivity index (χ1n) is 5.52. The van der Waals surface area contributed by atoms with Crippen LogP contribution in [0.1, 0.15) is 0 Å². The Hall–Kier alpha value is -1.33. The second kappa shape index (κ2) is 4.65. The summed E-state index contributed by atoms with van der Waals surface area (Å²) in [5.74, 6) is -0.340. The van der Waals surface area contributed by atoms with Crippen molar-refractivity contribution in [2.75, 3.05) is 0 Å². The molecule has 96 valence electrons. The van der Waals surface area contributed by atoms with Crippen molar-refractivity contribution in [2.45, 2.75) is 0 Å². The molecule has 0 saturated carbocycles. The second-order valence-electron chi connectivity index (χ2n) is 4.17. The van der Waals surface area contributed by atoms with Gasteiger partial charge in [0.1, 0.15) is 5.75 Å². The van der Waals surface area contributed by atoms with Crippen LogP contribution in [0.3, 0.4) is 0 Å². The molecule has 0 atom stereocenters. The van der Waals surface area contributed by atoms with Crippen molar-refractivity contribution >= 4 is 42.8 Å². The Bertz CT molecular complexity index is 782. The number of benzene rings is 2. The molecular formula is C14H8Br2FNO. The summed E-state index contributed by atoms with van der Waals surface area (Å²) in [5, 5.41) is 10.4. The van der Waals surface area contributed by atoms with Gasteiger partial charge >= 0.3 is 0 Å². The molecule has 0 spiro atoms. The van der Waals surface area contributed by atoms with E-state index in [9.17, 15) is 9.50 Å². The Balaban J connectivity index is 2.28. The molecule has 0 aliphatic heterocycles. The van der Waals surface area contributed by atoms with Crippen LogP contribution in [0.2, 0.25) is 0 Å². The predicted molar refractivity (Wildman–Crippen MR) is 80.8 cm³/mol. The summed E-state index contributed by atoms with van der Waals surface area (Å²) >= 11 is 6.58. The number of halogens is 3. The molecule has 0 unspecified atom stereocenters. The summed E-state index contributed by atoms with van der Waals surface area (Å²) in [6.07, 6.45) is 0. The van der Waals surface area contributed by atoms with Gasteiger partial charge in [0.05, 0.1) is 5.69 Å². The average Bonchev–Trinajstić information content (AvgIpc) is 2.67. The standard InChI is InChI=1S/C14H8Br2FNO/c15-7-2-4-11-10(5-7)13(17)14(18-11)9-3-1-8(16)6-12(9)19/h1-6,18-19H. The Kier molecular flexibility index (Phi) is 3.11. The minimum absolute atomic E-state index is 0.0268. The maximum absolute atomic E-state index is 14.4. The fourth-order valence-electron chi connectivity index (χ4n) is 2.03. The number of rotatable bonds is 1. The first-order chi connectivity index (χ1) is 9.06. The van der Waals surface area contributed by atoms with Crippen molar-refractivity contribution in [2.24, 2.45) is 0 Å². The molecule has 0 saturated heterocycles. The minimum atomic E-state index is -0.367. The average molecular weight is 385 g/mol. The zero-order chi connectivity index (χ0) is 13.6. The van der Waals surface area contributed by atoms with E-state index in [1.54, 1.807) is 24.3 Å². The molecule has 19 heavy (non-hydrogen) atoms. The lowest BCUT2D eigenvalue weighted by atomic mass is 10.1. The van der Waals surface area contributed by atoms with Gasteiger partial charge in [0, 0.05) is 25.4 Å². The molecule has 2 nitrogen and oxygen atoms in total. The van der Waals surface area contributed by atoms with Gasteiger partial charge in [-0.3, -0.25) is 0 Å². The lowest BCUT2D eigenvalue weighted by molar-refractivity contribution is 0.476. The van der Waals surface area contributed by atoms with Gasteiger partial charge in [0.25, 0.3) is 0 Å². The highest BCUT2D eigenvalue weighted by Gasteiger charge is 2.16. The summed E-state index contributed by atoms with van der Waals surface area (Å²) in [7, 11) is 0. The number of nitrogens with one attached hydrogen (secondary N) is 1. The summed E-state index contributed by atoms with van der Waals surface area (Å²) in [4.78, 5) is 3.00. The molecule has 0 aliphatic rings. The van der Waals surface area contributed by atoms with Crippen molar-refractivity contribution in [3.8, 4) is 17.0 Å². The lowest BCUT2D eigenvalue weighted by Crippen LogP contribution is -1.82. The van der Waals surface area contributed by atoms with Crippen molar-refractivity contribution in [1.29, 1.82) is 0 Å². The monoisotopic (exact) mass is 383 g/mol. The fourth-order valence-corrected chi connectivity index (χ4v) is 2.74. The Morgan fingerprint density at radius 2 is 1.68 bits per heavy atom. The van der Waals surface area contributed by atoms with E-state index in [4.69, 9.17) is 0 Å². The number of phenolic OH excluding ortho intramolecular Hbond substituents is 1. The molecule has 3 aromatic rings. The molecule has 0 aliphatic carbocycles. The number of aromatic nitrogens is 1. The van der Waals surface area contributed by atoms with Crippen molar-refractivity contribution in [1.82, 2.24) is 4.98 Å². The van der Waals surface area contributed by atoms with E-state index in [2.05, 4.69) is 36.8 Å². The largest absolute Gasteiger partial charge is 0.507 e. The summed E-state index contributed by atoms with van der Waals surface area (Å²) in [6, 6.07) is 10.3. The first-order valence-corrected chi connectivity index (χ1v) is 7.10. The number of hydrogen-bond donors (Lipinski definition) is 2. The van der Waals surface area contributed by atoms with Crippen molar-refractivity contribution in [3.63, 3.8) is 0 Å². The van der Waals surface area contributed by atoms with E-state index in [1.807, 2.05) is 6.07 Å². The highest BCUT2D eigenvalue weighted by molar-refractivity contribution is 9.10. The number of phenols is 1. The van der Waals surface area contributed by atoms with Crippen LogP contribution >= 0.6 is 31.9 Å². The number of H-pyrrole nitrogens is 1. The molecule has 0 radical (unpaired) electrons. The normalized spacial score (nSPS) is 11.1. The molecule has 3 rings (SSSR count). The van der Waals surface area contributed by atoms with E-state index in [1.165, 1.54) is 6.07 Å².